The smallest absolute Gasteiger partial charge is 0.260 e. The van der Waals surface area contributed by atoms with E-state index in [0.29, 0.717) is 16.9 Å². The summed E-state index contributed by atoms with van der Waals surface area (Å²) >= 11 is 0. The molecule has 4 heteroatoms. The molecule has 0 aliphatic heterocycles. The fourth-order valence-corrected chi connectivity index (χ4v) is 1.06. The van der Waals surface area contributed by atoms with Crippen LogP contribution in [0.1, 0.15) is 19.7 Å². The maximum Gasteiger partial charge on any atom is 0.260 e. The molecule has 0 amide bonds. The van der Waals surface area contributed by atoms with Gasteiger partial charge in [0.2, 0.25) is 0 Å². The first-order valence-corrected chi connectivity index (χ1v) is 4.31. The molecular formula is C9H13N3O. The van der Waals surface area contributed by atoms with Gasteiger partial charge in [-0.05, 0) is 13.0 Å². The first kappa shape index (κ1) is 9.51. The zero-order valence-corrected chi connectivity index (χ0v) is 8.01. The van der Waals surface area contributed by atoms with Crippen LogP contribution in [0, 0.1) is 6.92 Å². The van der Waals surface area contributed by atoms with E-state index in [1.54, 1.807) is 19.2 Å². The van der Waals surface area contributed by atoms with E-state index in [4.69, 9.17) is 0 Å². The minimum absolute atomic E-state index is 0.0891. The van der Waals surface area contributed by atoms with Crippen LogP contribution in [0.4, 0.5) is 0 Å². The summed E-state index contributed by atoms with van der Waals surface area (Å²) in [5.74, 6) is 0.630. The number of H-pyrrole nitrogens is 2. The molecule has 2 aromatic heterocycles. The molecule has 2 aromatic rings. The summed E-state index contributed by atoms with van der Waals surface area (Å²) in [4.78, 5) is 20.7. The van der Waals surface area contributed by atoms with E-state index in [1.165, 1.54) is 0 Å². The standard InChI is InChI=1S/C7H7N3O.C2H6/c1-4-9-6-5(2-3-8-6)7(11)10-4;1-2/h2-3H,1H3,(H2,8,9,10,11);1-2H3. The predicted octanol–water partition coefficient (Wildman–Crippen LogP) is 1.59. The first-order chi connectivity index (χ1) is 6.27. The van der Waals surface area contributed by atoms with Crippen LogP contribution in [-0.4, -0.2) is 15.0 Å². The monoisotopic (exact) mass is 179 g/mol. The molecule has 0 bridgehead atoms. The minimum Gasteiger partial charge on any atom is -0.346 e. The van der Waals surface area contributed by atoms with E-state index in [9.17, 15) is 4.79 Å². The third kappa shape index (κ3) is 1.77. The molecule has 2 N–H and O–H groups in total. The summed E-state index contributed by atoms with van der Waals surface area (Å²) in [6.45, 7) is 5.75. The lowest BCUT2D eigenvalue weighted by Crippen LogP contribution is -2.08. The second kappa shape index (κ2) is 3.89. The maximum absolute atomic E-state index is 11.1. The molecule has 0 radical (unpaired) electrons. The van der Waals surface area contributed by atoms with Gasteiger partial charge in [0.1, 0.15) is 11.5 Å². The van der Waals surface area contributed by atoms with Crippen LogP contribution in [0.25, 0.3) is 11.0 Å². The minimum atomic E-state index is -0.0891. The van der Waals surface area contributed by atoms with E-state index in [0.717, 1.165) is 0 Å². The van der Waals surface area contributed by atoms with Crippen LogP contribution in [-0.2, 0) is 0 Å². The maximum atomic E-state index is 11.1. The summed E-state index contributed by atoms with van der Waals surface area (Å²) < 4.78 is 0. The van der Waals surface area contributed by atoms with E-state index in [2.05, 4.69) is 15.0 Å². The fourth-order valence-electron chi connectivity index (χ4n) is 1.06. The number of fused-ring (bicyclic) bond motifs is 1. The van der Waals surface area contributed by atoms with Crippen molar-refractivity contribution in [2.24, 2.45) is 0 Å². The Balaban J connectivity index is 0.000000396. The SMILES string of the molecule is CC.Cc1nc2[nH]ccc2c(=O)[nH]1. The molecule has 0 spiro atoms. The molecule has 0 saturated carbocycles. The lowest BCUT2D eigenvalue weighted by molar-refractivity contribution is 1.05. The Morgan fingerprint density at radius 2 is 2.08 bits per heavy atom. The molecule has 0 aliphatic carbocycles. The number of nitrogens with one attached hydrogen (secondary N) is 2. The van der Waals surface area contributed by atoms with Gasteiger partial charge in [0.05, 0.1) is 5.39 Å². The lowest BCUT2D eigenvalue weighted by Gasteiger charge is -1.90. The van der Waals surface area contributed by atoms with Crippen molar-refractivity contribution in [3.8, 4) is 0 Å². The van der Waals surface area contributed by atoms with Crippen molar-refractivity contribution in [3.05, 3.63) is 28.4 Å². The summed E-state index contributed by atoms with van der Waals surface area (Å²) in [5, 5.41) is 0.607. The van der Waals surface area contributed by atoms with Crippen molar-refractivity contribution >= 4 is 11.0 Å². The highest BCUT2D eigenvalue weighted by Gasteiger charge is 1.99. The molecule has 0 aliphatic rings. The fraction of sp³-hybridized carbons (Fsp3) is 0.333. The zero-order chi connectivity index (χ0) is 9.84. The van der Waals surface area contributed by atoms with Gasteiger partial charge in [-0.3, -0.25) is 4.79 Å². The Morgan fingerprint density at radius 1 is 1.38 bits per heavy atom. The van der Waals surface area contributed by atoms with Crippen LogP contribution < -0.4 is 5.56 Å². The van der Waals surface area contributed by atoms with Crippen LogP contribution in [0.3, 0.4) is 0 Å². The molecule has 70 valence electrons. The molecule has 4 nitrogen and oxygen atoms in total. The van der Waals surface area contributed by atoms with Gasteiger partial charge in [-0.1, -0.05) is 13.8 Å². The molecule has 0 aromatic carbocycles. The third-order valence-electron chi connectivity index (χ3n) is 1.54. The van der Waals surface area contributed by atoms with Crippen LogP contribution >= 0.6 is 0 Å². The predicted molar refractivity (Wildman–Crippen MR) is 52.8 cm³/mol. The van der Waals surface area contributed by atoms with Crippen molar-refractivity contribution in [1.29, 1.82) is 0 Å². The average Bonchev–Trinajstić information content (AvgIpc) is 2.55. The van der Waals surface area contributed by atoms with Crippen molar-refractivity contribution in [3.63, 3.8) is 0 Å². The molecule has 0 fully saturated rings. The molecule has 0 saturated heterocycles. The summed E-state index contributed by atoms with van der Waals surface area (Å²) in [5.41, 5.74) is 0.556. The number of hydrogen-bond acceptors (Lipinski definition) is 2. The Bertz CT molecular complexity index is 441. The topological polar surface area (TPSA) is 61.5 Å². The van der Waals surface area contributed by atoms with Crippen molar-refractivity contribution in [2.45, 2.75) is 20.8 Å². The van der Waals surface area contributed by atoms with Gasteiger partial charge in [0.15, 0.2) is 0 Å². The Morgan fingerprint density at radius 3 is 2.77 bits per heavy atom. The van der Waals surface area contributed by atoms with Gasteiger partial charge in [0.25, 0.3) is 5.56 Å². The van der Waals surface area contributed by atoms with Crippen LogP contribution in [0.15, 0.2) is 17.1 Å². The number of rotatable bonds is 0. The first-order valence-electron chi connectivity index (χ1n) is 4.31. The molecule has 2 rings (SSSR count). The van der Waals surface area contributed by atoms with Gasteiger partial charge in [-0.2, -0.15) is 0 Å². The molecule has 13 heavy (non-hydrogen) atoms. The Kier molecular flexibility index (Phi) is 2.84. The molecular weight excluding hydrogens is 166 g/mol. The third-order valence-corrected chi connectivity index (χ3v) is 1.54. The second-order valence-electron chi connectivity index (χ2n) is 2.39. The highest BCUT2D eigenvalue weighted by atomic mass is 16.1. The molecule has 0 unspecified atom stereocenters. The van der Waals surface area contributed by atoms with Gasteiger partial charge < -0.3 is 9.97 Å². The highest BCUT2D eigenvalue weighted by molar-refractivity contribution is 5.73. The van der Waals surface area contributed by atoms with Gasteiger partial charge in [0, 0.05) is 6.20 Å². The second-order valence-corrected chi connectivity index (χ2v) is 2.39. The number of nitrogens with zero attached hydrogens (tertiary/aromatic N) is 1. The zero-order valence-electron chi connectivity index (χ0n) is 8.01. The average molecular weight is 179 g/mol. The van der Waals surface area contributed by atoms with E-state index in [-0.39, 0.29) is 5.56 Å². The number of hydrogen-bond donors (Lipinski definition) is 2. The summed E-state index contributed by atoms with van der Waals surface area (Å²) in [6, 6.07) is 1.71. The lowest BCUT2D eigenvalue weighted by atomic mass is 10.4. The largest absolute Gasteiger partial charge is 0.346 e. The normalized spacial score (nSPS) is 9.46. The highest BCUT2D eigenvalue weighted by Crippen LogP contribution is 2.01. The van der Waals surface area contributed by atoms with Crippen molar-refractivity contribution < 1.29 is 0 Å². The summed E-state index contributed by atoms with van der Waals surface area (Å²) in [7, 11) is 0. The van der Waals surface area contributed by atoms with Crippen molar-refractivity contribution in [1.82, 2.24) is 15.0 Å². The molecule has 0 atom stereocenters. The quantitative estimate of drug-likeness (QED) is 0.645. The number of aromatic nitrogens is 3. The van der Waals surface area contributed by atoms with E-state index >= 15 is 0 Å². The number of aromatic amines is 2. The van der Waals surface area contributed by atoms with E-state index in [1.807, 2.05) is 13.8 Å². The Labute approximate surface area is 76.0 Å². The van der Waals surface area contributed by atoms with Crippen LogP contribution in [0.2, 0.25) is 0 Å². The van der Waals surface area contributed by atoms with Crippen molar-refractivity contribution in [2.75, 3.05) is 0 Å². The molecule has 2 heterocycles. The van der Waals surface area contributed by atoms with Gasteiger partial charge in [-0.25, -0.2) is 4.98 Å². The van der Waals surface area contributed by atoms with E-state index < -0.39 is 0 Å². The van der Waals surface area contributed by atoms with Gasteiger partial charge in [-0.15, -0.1) is 0 Å². The number of aryl methyl sites for hydroxylation is 1. The Hall–Kier alpha value is -1.58. The van der Waals surface area contributed by atoms with Crippen LogP contribution in [0.5, 0.6) is 0 Å². The van der Waals surface area contributed by atoms with Gasteiger partial charge >= 0.3 is 0 Å². The summed E-state index contributed by atoms with van der Waals surface area (Å²) in [6.07, 6.45) is 1.70.